The maximum Gasteiger partial charge on any atom is 0.0542 e. The van der Waals surface area contributed by atoms with E-state index in [9.17, 15) is 0 Å². The molecule has 0 aliphatic carbocycles. The first kappa shape index (κ1) is 17.0. The van der Waals surface area contributed by atoms with E-state index in [1.54, 1.807) is 0 Å². The lowest BCUT2D eigenvalue weighted by atomic mass is 10.1. The first-order valence-electron chi connectivity index (χ1n) is 8.57. The summed E-state index contributed by atoms with van der Waals surface area (Å²) in [4.78, 5) is 2.46. The molecule has 0 unspecified atom stereocenters. The smallest absolute Gasteiger partial charge is 0.0542 e. The first-order valence-corrected chi connectivity index (χ1v) is 8.95. The number of hydrogen-bond acceptors (Lipinski definition) is 3. The van der Waals surface area contributed by atoms with E-state index in [2.05, 4.69) is 58.3 Å². The van der Waals surface area contributed by atoms with Crippen LogP contribution in [0.3, 0.4) is 0 Å². The Morgan fingerprint density at radius 1 is 0.917 bits per heavy atom. The highest BCUT2D eigenvalue weighted by molar-refractivity contribution is 6.30. The van der Waals surface area contributed by atoms with Gasteiger partial charge in [0.05, 0.1) is 6.21 Å². The molecule has 2 aromatic rings. The molecular weight excluding hydrogens is 318 g/mol. The molecule has 126 valence electrons. The van der Waals surface area contributed by atoms with Crippen molar-refractivity contribution in [1.29, 1.82) is 0 Å². The van der Waals surface area contributed by atoms with E-state index in [-0.39, 0.29) is 0 Å². The largest absolute Gasteiger partial charge is 0.295 e. The molecule has 0 bridgehead atoms. The number of aryl methyl sites for hydroxylation is 1. The van der Waals surface area contributed by atoms with Gasteiger partial charge in [0.15, 0.2) is 0 Å². The fourth-order valence-electron chi connectivity index (χ4n) is 2.85. The zero-order valence-electron chi connectivity index (χ0n) is 14.2. The summed E-state index contributed by atoms with van der Waals surface area (Å²) >= 11 is 5.94. The molecule has 0 radical (unpaired) electrons. The van der Waals surface area contributed by atoms with Crippen LogP contribution in [0.25, 0.3) is 0 Å². The Hall–Kier alpha value is -1.84. The van der Waals surface area contributed by atoms with Crippen LogP contribution in [0, 0.1) is 0 Å². The molecule has 1 fully saturated rings. The fourth-order valence-corrected chi connectivity index (χ4v) is 2.97. The summed E-state index contributed by atoms with van der Waals surface area (Å²) in [5, 5.41) is 7.58. The highest BCUT2D eigenvalue weighted by Gasteiger charge is 2.15. The van der Waals surface area contributed by atoms with Crippen LogP contribution in [0.4, 0.5) is 0 Å². The van der Waals surface area contributed by atoms with Crippen LogP contribution in [0.15, 0.2) is 53.6 Å². The Balaban J connectivity index is 1.47. The lowest BCUT2D eigenvalue weighted by molar-refractivity contribution is 0.131. The van der Waals surface area contributed by atoms with E-state index in [4.69, 9.17) is 11.6 Å². The van der Waals surface area contributed by atoms with Crippen molar-refractivity contribution in [3.05, 3.63) is 70.2 Å². The molecule has 1 heterocycles. The molecule has 0 N–H and O–H groups in total. The van der Waals surface area contributed by atoms with Gasteiger partial charge in [-0.2, -0.15) is 5.10 Å². The molecule has 2 aromatic carbocycles. The van der Waals surface area contributed by atoms with E-state index >= 15 is 0 Å². The SMILES string of the molecule is CCc1ccc(/C=N/N2CCN(Cc3ccc(Cl)cc3)CC2)cc1. The Bertz CT molecular complexity index is 656. The lowest BCUT2D eigenvalue weighted by Crippen LogP contribution is -2.43. The summed E-state index contributed by atoms with van der Waals surface area (Å²) in [6.45, 7) is 7.16. The maximum atomic E-state index is 5.94. The predicted octanol–water partition coefficient (Wildman–Crippen LogP) is 4.05. The van der Waals surface area contributed by atoms with Crippen molar-refractivity contribution in [2.24, 2.45) is 5.10 Å². The summed E-state index contributed by atoms with van der Waals surface area (Å²) in [6, 6.07) is 16.7. The number of piperazine rings is 1. The Morgan fingerprint density at radius 2 is 1.54 bits per heavy atom. The summed E-state index contributed by atoms with van der Waals surface area (Å²) in [7, 11) is 0. The van der Waals surface area contributed by atoms with Crippen molar-refractivity contribution in [2.75, 3.05) is 26.2 Å². The van der Waals surface area contributed by atoms with Gasteiger partial charge in [-0.1, -0.05) is 54.9 Å². The van der Waals surface area contributed by atoms with Crippen molar-refractivity contribution in [2.45, 2.75) is 19.9 Å². The minimum absolute atomic E-state index is 0.796. The van der Waals surface area contributed by atoms with Gasteiger partial charge in [0.1, 0.15) is 0 Å². The topological polar surface area (TPSA) is 18.8 Å². The van der Waals surface area contributed by atoms with Crippen LogP contribution in [-0.4, -0.2) is 42.3 Å². The van der Waals surface area contributed by atoms with Gasteiger partial charge in [-0.15, -0.1) is 0 Å². The summed E-state index contributed by atoms with van der Waals surface area (Å²) < 4.78 is 0. The molecule has 0 aromatic heterocycles. The Labute approximate surface area is 149 Å². The van der Waals surface area contributed by atoms with Crippen molar-refractivity contribution < 1.29 is 0 Å². The number of rotatable bonds is 5. The molecule has 1 aliphatic heterocycles. The van der Waals surface area contributed by atoms with Gasteiger partial charge in [0.25, 0.3) is 0 Å². The number of benzene rings is 2. The van der Waals surface area contributed by atoms with Gasteiger partial charge in [0.2, 0.25) is 0 Å². The third kappa shape index (κ3) is 4.83. The lowest BCUT2D eigenvalue weighted by Gasteiger charge is -2.33. The Morgan fingerprint density at radius 3 is 2.17 bits per heavy atom. The van der Waals surface area contributed by atoms with Gasteiger partial charge in [0, 0.05) is 37.7 Å². The zero-order chi connectivity index (χ0) is 16.8. The highest BCUT2D eigenvalue weighted by atomic mass is 35.5. The molecule has 0 amide bonds. The maximum absolute atomic E-state index is 5.94. The van der Waals surface area contributed by atoms with Crippen LogP contribution in [0.2, 0.25) is 5.02 Å². The Kier molecular flexibility index (Phi) is 5.89. The van der Waals surface area contributed by atoms with Gasteiger partial charge in [-0.3, -0.25) is 9.91 Å². The van der Waals surface area contributed by atoms with E-state index in [1.807, 2.05) is 18.3 Å². The molecular formula is C20H24ClN3. The second-order valence-corrected chi connectivity index (χ2v) is 6.63. The highest BCUT2D eigenvalue weighted by Crippen LogP contribution is 2.13. The van der Waals surface area contributed by atoms with Crippen molar-refractivity contribution in [3.8, 4) is 0 Å². The number of hydrazone groups is 1. The van der Waals surface area contributed by atoms with Crippen LogP contribution in [0.1, 0.15) is 23.6 Å². The normalized spacial score (nSPS) is 16.0. The molecule has 24 heavy (non-hydrogen) atoms. The van der Waals surface area contributed by atoms with Gasteiger partial charge >= 0.3 is 0 Å². The van der Waals surface area contributed by atoms with Gasteiger partial charge in [-0.05, 0) is 35.2 Å². The van der Waals surface area contributed by atoms with Gasteiger partial charge in [-0.25, -0.2) is 0 Å². The standard InChI is InChI=1S/C20H24ClN3/c1-2-17-3-5-18(6-4-17)15-22-24-13-11-23(12-14-24)16-19-7-9-20(21)10-8-19/h3-10,15H,2,11-14,16H2,1H3/b22-15+. The second-order valence-electron chi connectivity index (χ2n) is 6.20. The monoisotopic (exact) mass is 341 g/mol. The minimum atomic E-state index is 0.796. The van der Waals surface area contributed by atoms with Crippen LogP contribution >= 0.6 is 11.6 Å². The summed E-state index contributed by atoms with van der Waals surface area (Å²) in [5.41, 5.74) is 3.84. The molecule has 4 heteroatoms. The van der Waals surface area contributed by atoms with Crippen molar-refractivity contribution >= 4 is 17.8 Å². The molecule has 3 nitrogen and oxygen atoms in total. The van der Waals surface area contributed by atoms with Crippen LogP contribution in [0.5, 0.6) is 0 Å². The number of hydrogen-bond donors (Lipinski definition) is 0. The first-order chi connectivity index (χ1) is 11.7. The third-order valence-electron chi connectivity index (χ3n) is 4.43. The zero-order valence-corrected chi connectivity index (χ0v) is 14.9. The average Bonchev–Trinajstić information content (AvgIpc) is 2.63. The van der Waals surface area contributed by atoms with Crippen molar-refractivity contribution in [1.82, 2.24) is 9.91 Å². The summed E-state index contributed by atoms with van der Waals surface area (Å²) in [6.07, 6.45) is 3.04. The molecule has 0 saturated carbocycles. The molecule has 0 spiro atoms. The van der Waals surface area contributed by atoms with E-state index in [1.165, 1.54) is 11.1 Å². The molecule has 1 saturated heterocycles. The predicted molar refractivity (Wildman–Crippen MR) is 102 cm³/mol. The quantitative estimate of drug-likeness (QED) is 0.764. The average molecular weight is 342 g/mol. The van der Waals surface area contributed by atoms with Crippen LogP contribution in [-0.2, 0) is 13.0 Å². The number of nitrogens with zero attached hydrogens (tertiary/aromatic N) is 3. The van der Waals surface area contributed by atoms with E-state index in [0.29, 0.717) is 0 Å². The third-order valence-corrected chi connectivity index (χ3v) is 4.68. The fraction of sp³-hybridized carbons (Fsp3) is 0.350. The summed E-state index contributed by atoms with van der Waals surface area (Å²) in [5.74, 6) is 0. The molecule has 1 aliphatic rings. The minimum Gasteiger partial charge on any atom is -0.295 e. The number of halogens is 1. The van der Waals surface area contributed by atoms with Gasteiger partial charge < -0.3 is 0 Å². The molecule has 3 rings (SSSR count). The van der Waals surface area contributed by atoms with Crippen LogP contribution < -0.4 is 0 Å². The molecule has 0 atom stereocenters. The second kappa shape index (κ2) is 8.32. The van der Waals surface area contributed by atoms with E-state index in [0.717, 1.165) is 49.7 Å². The van der Waals surface area contributed by atoms with Crippen molar-refractivity contribution in [3.63, 3.8) is 0 Å². The van der Waals surface area contributed by atoms with E-state index < -0.39 is 0 Å².